The lowest BCUT2D eigenvalue weighted by Gasteiger charge is -2.16. The van der Waals surface area contributed by atoms with E-state index in [1.54, 1.807) is 0 Å². The molecule has 2 heterocycles. The van der Waals surface area contributed by atoms with Crippen molar-refractivity contribution in [2.45, 2.75) is 39.2 Å². The fraction of sp³-hybridized carbons (Fsp3) is 0.296. The predicted octanol–water partition coefficient (Wildman–Crippen LogP) is 6.29. The first kappa shape index (κ1) is 20.7. The minimum atomic E-state index is 0.741. The van der Waals surface area contributed by atoms with Crippen LogP contribution < -0.4 is 0 Å². The van der Waals surface area contributed by atoms with E-state index in [0.29, 0.717) is 0 Å². The topological polar surface area (TPSA) is 16.1 Å². The molecule has 1 saturated heterocycles. The molecule has 0 unspecified atom stereocenters. The van der Waals surface area contributed by atoms with Gasteiger partial charge in [-0.1, -0.05) is 53.9 Å². The van der Waals surface area contributed by atoms with Gasteiger partial charge in [-0.3, -0.25) is 4.90 Å². The van der Waals surface area contributed by atoms with Crippen LogP contribution in [0.1, 0.15) is 41.6 Å². The number of likely N-dealkylation sites (tertiary alicyclic amines) is 1. The normalized spacial score (nSPS) is 13.8. The number of aromatic nitrogens is 1. The Hall–Kier alpha value is -2.60. The summed E-state index contributed by atoms with van der Waals surface area (Å²) in [4.78, 5) is 7.04. The van der Waals surface area contributed by atoms with E-state index >= 15 is 0 Å². The summed E-state index contributed by atoms with van der Waals surface area (Å²) in [6.07, 6.45) is 6.37. The Morgan fingerprint density at radius 3 is 2.43 bits per heavy atom. The van der Waals surface area contributed by atoms with E-state index in [1.165, 1.54) is 42.6 Å². The van der Waals surface area contributed by atoms with E-state index in [-0.39, 0.29) is 0 Å². The van der Waals surface area contributed by atoms with Crippen LogP contribution in [-0.4, -0.2) is 23.0 Å². The van der Waals surface area contributed by atoms with Gasteiger partial charge >= 0.3 is 0 Å². The molecule has 0 bridgehead atoms. The second-order valence-electron chi connectivity index (χ2n) is 7.98. The molecule has 152 valence electrons. The molecule has 3 heteroatoms. The molecule has 0 spiro atoms. The summed E-state index contributed by atoms with van der Waals surface area (Å²) >= 11 is 5.95. The Morgan fingerprint density at radius 2 is 1.73 bits per heavy atom. The SMILES string of the molecule is Cc1cc(CCC#Cc2ccc(-c3ccc(Cl)cc3)cn2)ccc1CN1CCCC1. The number of hydrogen-bond donors (Lipinski definition) is 0. The standard InChI is InChI=1S/C27H27ClN2/c1-21-18-22(8-9-25(21)20-30-16-4-5-17-30)6-2-3-7-27-15-12-24(19-29-27)23-10-13-26(28)14-11-23/h8-15,18-19H,2,4-6,16-17,20H2,1H3. The number of halogens is 1. The van der Waals surface area contributed by atoms with Gasteiger partial charge in [0, 0.05) is 29.7 Å². The molecule has 3 aromatic rings. The van der Waals surface area contributed by atoms with E-state index in [1.807, 2.05) is 36.5 Å². The number of rotatable bonds is 5. The highest BCUT2D eigenvalue weighted by atomic mass is 35.5. The third-order valence-electron chi connectivity index (χ3n) is 5.70. The summed E-state index contributed by atoms with van der Waals surface area (Å²) < 4.78 is 0. The molecule has 0 saturated carbocycles. The molecule has 30 heavy (non-hydrogen) atoms. The maximum atomic E-state index is 5.95. The lowest BCUT2D eigenvalue weighted by Crippen LogP contribution is -2.18. The molecule has 2 aromatic carbocycles. The molecule has 2 nitrogen and oxygen atoms in total. The first-order valence-corrected chi connectivity index (χ1v) is 11.1. The fourth-order valence-electron chi connectivity index (χ4n) is 3.91. The van der Waals surface area contributed by atoms with Crippen molar-refractivity contribution >= 4 is 11.6 Å². The van der Waals surface area contributed by atoms with E-state index in [0.717, 1.165) is 41.2 Å². The Kier molecular flexibility index (Phi) is 6.84. The van der Waals surface area contributed by atoms with Crippen molar-refractivity contribution in [2.75, 3.05) is 13.1 Å². The quantitative estimate of drug-likeness (QED) is 0.456. The first-order chi connectivity index (χ1) is 14.7. The van der Waals surface area contributed by atoms with Crippen LogP contribution in [0.4, 0.5) is 0 Å². The van der Waals surface area contributed by atoms with Crippen molar-refractivity contribution < 1.29 is 0 Å². The lowest BCUT2D eigenvalue weighted by atomic mass is 10.0. The van der Waals surface area contributed by atoms with Gasteiger partial charge in [-0.05, 0) is 85.6 Å². The Morgan fingerprint density at radius 1 is 0.967 bits per heavy atom. The number of nitrogens with zero attached hydrogens (tertiary/aromatic N) is 2. The smallest absolute Gasteiger partial charge is 0.113 e. The molecule has 1 aliphatic rings. The van der Waals surface area contributed by atoms with Crippen LogP contribution in [0.2, 0.25) is 5.02 Å². The van der Waals surface area contributed by atoms with Gasteiger partial charge in [-0.25, -0.2) is 4.98 Å². The summed E-state index contributed by atoms with van der Waals surface area (Å²) in [6.45, 7) is 5.80. The van der Waals surface area contributed by atoms with E-state index in [4.69, 9.17) is 11.6 Å². The summed E-state index contributed by atoms with van der Waals surface area (Å²) in [6, 6.07) is 18.7. The van der Waals surface area contributed by atoms with Gasteiger partial charge < -0.3 is 0 Å². The van der Waals surface area contributed by atoms with Gasteiger partial charge in [0.15, 0.2) is 0 Å². The zero-order valence-corrected chi connectivity index (χ0v) is 18.3. The molecule has 0 aliphatic carbocycles. The first-order valence-electron chi connectivity index (χ1n) is 10.7. The van der Waals surface area contributed by atoms with Crippen molar-refractivity contribution in [3.8, 4) is 23.0 Å². The summed E-state index contributed by atoms with van der Waals surface area (Å²) in [5.74, 6) is 6.46. The number of pyridine rings is 1. The lowest BCUT2D eigenvalue weighted by molar-refractivity contribution is 0.330. The monoisotopic (exact) mass is 414 g/mol. The molecular weight excluding hydrogens is 388 g/mol. The maximum Gasteiger partial charge on any atom is 0.113 e. The van der Waals surface area contributed by atoms with E-state index in [9.17, 15) is 0 Å². The van der Waals surface area contributed by atoms with Crippen LogP contribution in [0.25, 0.3) is 11.1 Å². The average molecular weight is 415 g/mol. The van der Waals surface area contributed by atoms with Crippen molar-refractivity contribution in [2.24, 2.45) is 0 Å². The Labute approximate surface area is 184 Å². The predicted molar refractivity (Wildman–Crippen MR) is 126 cm³/mol. The Balaban J connectivity index is 1.31. The second-order valence-corrected chi connectivity index (χ2v) is 8.42. The van der Waals surface area contributed by atoms with Crippen LogP contribution in [0.3, 0.4) is 0 Å². The molecule has 0 radical (unpaired) electrons. The van der Waals surface area contributed by atoms with Crippen molar-refractivity contribution in [3.05, 3.63) is 88.2 Å². The third kappa shape index (κ3) is 5.51. The van der Waals surface area contributed by atoms with Gasteiger partial charge in [0.1, 0.15) is 5.69 Å². The van der Waals surface area contributed by atoms with Crippen molar-refractivity contribution in [3.63, 3.8) is 0 Å². The van der Waals surface area contributed by atoms with Crippen LogP contribution in [-0.2, 0) is 13.0 Å². The van der Waals surface area contributed by atoms with Gasteiger partial charge in [0.2, 0.25) is 0 Å². The summed E-state index contributed by atoms with van der Waals surface area (Å²) in [7, 11) is 0. The minimum absolute atomic E-state index is 0.741. The Bertz CT molecular complexity index is 1040. The van der Waals surface area contributed by atoms with Crippen LogP contribution >= 0.6 is 11.6 Å². The van der Waals surface area contributed by atoms with Gasteiger partial charge in [-0.2, -0.15) is 0 Å². The van der Waals surface area contributed by atoms with Crippen LogP contribution in [0, 0.1) is 18.8 Å². The zero-order valence-electron chi connectivity index (χ0n) is 17.5. The van der Waals surface area contributed by atoms with Gasteiger partial charge in [-0.15, -0.1) is 0 Å². The molecule has 0 atom stereocenters. The largest absolute Gasteiger partial charge is 0.299 e. The molecule has 1 fully saturated rings. The highest BCUT2D eigenvalue weighted by molar-refractivity contribution is 6.30. The molecule has 4 rings (SSSR count). The minimum Gasteiger partial charge on any atom is -0.299 e. The second kappa shape index (κ2) is 9.94. The van der Waals surface area contributed by atoms with Crippen LogP contribution in [0.15, 0.2) is 60.8 Å². The zero-order chi connectivity index (χ0) is 20.8. The highest BCUT2D eigenvalue weighted by Crippen LogP contribution is 2.21. The molecule has 1 aliphatic heterocycles. The van der Waals surface area contributed by atoms with Crippen molar-refractivity contribution in [1.29, 1.82) is 0 Å². The van der Waals surface area contributed by atoms with Gasteiger partial charge in [0.25, 0.3) is 0 Å². The molecule has 0 amide bonds. The third-order valence-corrected chi connectivity index (χ3v) is 5.95. The van der Waals surface area contributed by atoms with E-state index < -0.39 is 0 Å². The molecular formula is C27H27ClN2. The average Bonchev–Trinajstić information content (AvgIpc) is 3.27. The summed E-state index contributed by atoms with van der Waals surface area (Å²) in [5, 5.41) is 0.741. The van der Waals surface area contributed by atoms with Crippen LogP contribution in [0.5, 0.6) is 0 Å². The van der Waals surface area contributed by atoms with E-state index in [2.05, 4.69) is 52.9 Å². The molecule has 1 aromatic heterocycles. The highest BCUT2D eigenvalue weighted by Gasteiger charge is 2.12. The fourth-order valence-corrected chi connectivity index (χ4v) is 4.04. The summed E-state index contributed by atoms with van der Waals surface area (Å²) in [5.41, 5.74) is 7.20. The number of benzene rings is 2. The van der Waals surface area contributed by atoms with Crippen molar-refractivity contribution in [1.82, 2.24) is 9.88 Å². The maximum absolute atomic E-state index is 5.95. The number of aryl methyl sites for hydroxylation is 2. The molecule has 0 N–H and O–H groups in total. The number of hydrogen-bond acceptors (Lipinski definition) is 2. The van der Waals surface area contributed by atoms with Gasteiger partial charge in [0.05, 0.1) is 0 Å².